The molecule has 1 aliphatic rings. The maximum Gasteiger partial charge on any atom is 0.0388 e. The van der Waals surface area contributed by atoms with Crippen LogP contribution >= 0.6 is 15.9 Å². The van der Waals surface area contributed by atoms with Gasteiger partial charge in [0.05, 0.1) is 0 Å². The highest BCUT2D eigenvalue weighted by Gasteiger charge is 2.27. The molecule has 0 aromatic heterocycles. The number of hydrogen-bond acceptors (Lipinski definition) is 1. The molecular weight excluding hydrogens is 238 g/mol. The van der Waals surface area contributed by atoms with Gasteiger partial charge in [0.15, 0.2) is 0 Å². The van der Waals surface area contributed by atoms with Gasteiger partial charge in [0.1, 0.15) is 0 Å². The van der Waals surface area contributed by atoms with Crippen molar-refractivity contribution in [2.75, 3.05) is 5.32 Å². The first-order valence-electron chi connectivity index (χ1n) is 5.20. The SMILES string of the molecule is CCC1(C)CCc2c(Br)cccc2N1. The molecule has 1 aliphatic heterocycles. The molecule has 0 saturated heterocycles. The van der Waals surface area contributed by atoms with Crippen LogP contribution in [0.25, 0.3) is 0 Å². The fourth-order valence-electron chi connectivity index (χ4n) is 1.98. The summed E-state index contributed by atoms with van der Waals surface area (Å²) < 4.78 is 1.24. The first kappa shape index (κ1) is 10.0. The van der Waals surface area contributed by atoms with Gasteiger partial charge in [0, 0.05) is 15.7 Å². The van der Waals surface area contributed by atoms with E-state index in [2.05, 4.69) is 53.3 Å². The smallest absolute Gasteiger partial charge is 0.0388 e. The van der Waals surface area contributed by atoms with E-state index in [1.54, 1.807) is 0 Å². The topological polar surface area (TPSA) is 12.0 Å². The number of rotatable bonds is 1. The van der Waals surface area contributed by atoms with Crippen molar-refractivity contribution in [3.63, 3.8) is 0 Å². The first-order chi connectivity index (χ1) is 6.64. The predicted octanol–water partition coefficient (Wildman–Crippen LogP) is 3.98. The minimum Gasteiger partial charge on any atom is -0.380 e. The van der Waals surface area contributed by atoms with Gasteiger partial charge in [-0.2, -0.15) is 0 Å². The van der Waals surface area contributed by atoms with Gasteiger partial charge >= 0.3 is 0 Å². The van der Waals surface area contributed by atoms with Crippen LogP contribution in [0.1, 0.15) is 32.3 Å². The summed E-state index contributed by atoms with van der Waals surface area (Å²) in [6.45, 7) is 4.55. The number of fused-ring (bicyclic) bond motifs is 1. The summed E-state index contributed by atoms with van der Waals surface area (Å²) in [5.41, 5.74) is 3.02. The molecule has 14 heavy (non-hydrogen) atoms. The number of benzene rings is 1. The van der Waals surface area contributed by atoms with E-state index in [4.69, 9.17) is 0 Å². The Bertz CT molecular complexity index is 348. The summed E-state index contributed by atoms with van der Waals surface area (Å²) >= 11 is 3.60. The number of halogens is 1. The molecule has 0 bridgehead atoms. The van der Waals surface area contributed by atoms with Crippen molar-refractivity contribution >= 4 is 21.6 Å². The fourth-order valence-corrected chi connectivity index (χ4v) is 2.55. The molecule has 0 amide bonds. The molecule has 0 fully saturated rings. The quantitative estimate of drug-likeness (QED) is 0.799. The first-order valence-corrected chi connectivity index (χ1v) is 5.99. The summed E-state index contributed by atoms with van der Waals surface area (Å²) in [4.78, 5) is 0. The molecule has 1 unspecified atom stereocenters. The summed E-state index contributed by atoms with van der Waals surface area (Å²) in [6, 6.07) is 6.39. The van der Waals surface area contributed by atoms with Gasteiger partial charge in [-0.3, -0.25) is 0 Å². The zero-order chi connectivity index (χ0) is 10.2. The van der Waals surface area contributed by atoms with Crippen LogP contribution in [-0.4, -0.2) is 5.54 Å². The number of nitrogens with one attached hydrogen (secondary N) is 1. The van der Waals surface area contributed by atoms with Gasteiger partial charge in [0.25, 0.3) is 0 Å². The lowest BCUT2D eigenvalue weighted by Gasteiger charge is -2.36. The highest BCUT2D eigenvalue weighted by molar-refractivity contribution is 9.10. The zero-order valence-electron chi connectivity index (χ0n) is 8.73. The standard InChI is InChI=1S/C12H16BrN/c1-3-12(2)8-7-9-10(13)5-4-6-11(9)14-12/h4-6,14H,3,7-8H2,1-2H3. The molecule has 0 radical (unpaired) electrons. The second kappa shape index (κ2) is 3.58. The average Bonchev–Trinajstić information content (AvgIpc) is 2.18. The van der Waals surface area contributed by atoms with Crippen molar-refractivity contribution in [3.8, 4) is 0 Å². The summed E-state index contributed by atoms with van der Waals surface area (Å²) in [7, 11) is 0. The second-order valence-corrected chi connectivity index (χ2v) is 5.16. The molecule has 1 N–H and O–H groups in total. The van der Waals surface area contributed by atoms with Crippen molar-refractivity contribution in [1.29, 1.82) is 0 Å². The lowest BCUT2D eigenvalue weighted by molar-refractivity contribution is 0.443. The summed E-state index contributed by atoms with van der Waals surface area (Å²) in [5.74, 6) is 0. The van der Waals surface area contributed by atoms with E-state index in [1.807, 2.05) is 0 Å². The molecule has 1 aromatic carbocycles. The lowest BCUT2D eigenvalue weighted by Crippen LogP contribution is -2.37. The van der Waals surface area contributed by atoms with Crippen molar-refractivity contribution in [2.45, 2.75) is 38.6 Å². The molecule has 0 spiro atoms. The predicted molar refractivity (Wildman–Crippen MR) is 64.8 cm³/mol. The van der Waals surface area contributed by atoms with E-state index in [0.717, 1.165) is 0 Å². The third-order valence-corrected chi connectivity index (χ3v) is 4.01. The van der Waals surface area contributed by atoms with E-state index in [9.17, 15) is 0 Å². The third kappa shape index (κ3) is 1.68. The van der Waals surface area contributed by atoms with Crippen LogP contribution < -0.4 is 5.32 Å². The maximum absolute atomic E-state index is 3.63. The molecule has 1 nitrogen and oxygen atoms in total. The Hall–Kier alpha value is -0.500. The minimum absolute atomic E-state index is 0.286. The highest BCUT2D eigenvalue weighted by Crippen LogP contribution is 2.36. The molecule has 0 aliphatic carbocycles. The molecule has 2 rings (SSSR count). The third-order valence-electron chi connectivity index (χ3n) is 3.26. The largest absolute Gasteiger partial charge is 0.380 e. The van der Waals surface area contributed by atoms with Gasteiger partial charge in [-0.05, 0) is 43.9 Å². The van der Waals surface area contributed by atoms with E-state index in [0.29, 0.717) is 0 Å². The summed E-state index contributed by atoms with van der Waals surface area (Å²) in [6.07, 6.45) is 3.58. The molecule has 2 heteroatoms. The van der Waals surface area contributed by atoms with E-state index < -0.39 is 0 Å². The Kier molecular flexibility index (Phi) is 2.56. The van der Waals surface area contributed by atoms with Gasteiger partial charge in [-0.25, -0.2) is 0 Å². The second-order valence-electron chi connectivity index (χ2n) is 4.31. The molecule has 1 aromatic rings. The fraction of sp³-hybridized carbons (Fsp3) is 0.500. The van der Waals surface area contributed by atoms with Crippen molar-refractivity contribution in [1.82, 2.24) is 0 Å². The molecule has 76 valence electrons. The zero-order valence-corrected chi connectivity index (χ0v) is 10.3. The van der Waals surface area contributed by atoms with Gasteiger partial charge in [-0.15, -0.1) is 0 Å². The summed E-state index contributed by atoms with van der Waals surface area (Å²) in [5, 5.41) is 3.63. The van der Waals surface area contributed by atoms with Crippen LogP contribution in [0.2, 0.25) is 0 Å². The Balaban J connectivity index is 2.36. The monoisotopic (exact) mass is 253 g/mol. The van der Waals surface area contributed by atoms with Crippen molar-refractivity contribution in [2.24, 2.45) is 0 Å². The van der Waals surface area contributed by atoms with Crippen LogP contribution in [0.3, 0.4) is 0 Å². The number of anilines is 1. The van der Waals surface area contributed by atoms with Gasteiger partial charge in [-0.1, -0.05) is 28.9 Å². The van der Waals surface area contributed by atoms with E-state index in [-0.39, 0.29) is 5.54 Å². The maximum atomic E-state index is 3.63. The van der Waals surface area contributed by atoms with Crippen molar-refractivity contribution < 1.29 is 0 Å². The van der Waals surface area contributed by atoms with E-state index in [1.165, 1.54) is 35.0 Å². The average molecular weight is 254 g/mol. The number of hydrogen-bond donors (Lipinski definition) is 1. The Labute approximate surface area is 94.0 Å². The normalized spacial score (nSPS) is 25.4. The molecule has 1 heterocycles. The van der Waals surface area contributed by atoms with Gasteiger partial charge < -0.3 is 5.32 Å². The molecule has 0 saturated carbocycles. The van der Waals surface area contributed by atoms with E-state index >= 15 is 0 Å². The Morgan fingerprint density at radius 1 is 1.50 bits per heavy atom. The molecular formula is C12H16BrN. The van der Waals surface area contributed by atoms with Crippen LogP contribution in [-0.2, 0) is 6.42 Å². The van der Waals surface area contributed by atoms with Crippen LogP contribution in [0.5, 0.6) is 0 Å². The lowest BCUT2D eigenvalue weighted by atomic mass is 9.86. The van der Waals surface area contributed by atoms with Crippen LogP contribution in [0.4, 0.5) is 5.69 Å². The van der Waals surface area contributed by atoms with Crippen molar-refractivity contribution in [3.05, 3.63) is 28.2 Å². The minimum atomic E-state index is 0.286. The Morgan fingerprint density at radius 2 is 2.29 bits per heavy atom. The van der Waals surface area contributed by atoms with Crippen LogP contribution in [0.15, 0.2) is 22.7 Å². The van der Waals surface area contributed by atoms with Gasteiger partial charge in [0.2, 0.25) is 0 Å². The molecule has 1 atom stereocenters. The highest BCUT2D eigenvalue weighted by atomic mass is 79.9. The Morgan fingerprint density at radius 3 is 3.00 bits per heavy atom. The van der Waals surface area contributed by atoms with Crippen LogP contribution in [0, 0.1) is 0 Å².